The smallest absolute Gasteiger partial charge is 0.309 e. The molecule has 0 aliphatic heterocycles. The lowest BCUT2D eigenvalue weighted by Crippen LogP contribution is -2.62. The van der Waals surface area contributed by atoms with Crippen molar-refractivity contribution in [3.63, 3.8) is 0 Å². The van der Waals surface area contributed by atoms with Gasteiger partial charge in [0.25, 0.3) is 0 Å². The maximum Gasteiger partial charge on any atom is 0.309 e. The monoisotopic (exact) mass is 332 g/mol. The van der Waals surface area contributed by atoms with Crippen molar-refractivity contribution < 1.29 is 19.8 Å². The predicted octanol–water partition coefficient (Wildman–Crippen LogP) is 3.19. The Labute approximate surface area is 143 Å². The molecule has 0 saturated heterocycles. The molecule has 0 amide bonds. The summed E-state index contributed by atoms with van der Waals surface area (Å²) >= 11 is 0. The number of aliphatic hydroxyl groups excluding tert-OH is 1. The Morgan fingerprint density at radius 1 is 1.25 bits per heavy atom. The first-order chi connectivity index (χ1) is 11.2. The van der Waals surface area contributed by atoms with E-state index in [0.717, 1.165) is 25.7 Å². The van der Waals surface area contributed by atoms with Crippen molar-refractivity contribution in [2.75, 3.05) is 0 Å². The molecule has 1 spiro atoms. The van der Waals surface area contributed by atoms with Gasteiger partial charge in [0.2, 0.25) is 0 Å². The number of allylic oxidation sites excluding steroid dienone is 1. The van der Waals surface area contributed by atoms with Crippen LogP contribution < -0.4 is 0 Å². The SMILES string of the molecule is C=C1C(=O)[C@@]23CC[C@H]4[C@@](C)(CCC[C@@]4(C)C(=O)O)[C@@H]2[C@@H](O)C[C@@H]1C3. The summed E-state index contributed by atoms with van der Waals surface area (Å²) in [4.78, 5) is 25.1. The topological polar surface area (TPSA) is 74.6 Å². The van der Waals surface area contributed by atoms with Crippen LogP contribution in [0.4, 0.5) is 0 Å². The molecule has 2 bridgehead atoms. The van der Waals surface area contributed by atoms with E-state index in [-0.39, 0.29) is 29.0 Å². The zero-order valence-electron chi connectivity index (χ0n) is 14.7. The fraction of sp³-hybridized carbons (Fsp3) is 0.800. The molecule has 4 aliphatic carbocycles. The molecule has 0 aromatic carbocycles. The molecule has 4 rings (SSSR count). The van der Waals surface area contributed by atoms with E-state index in [1.807, 2.05) is 6.92 Å². The second kappa shape index (κ2) is 4.72. The van der Waals surface area contributed by atoms with Crippen LogP contribution >= 0.6 is 0 Å². The third kappa shape index (κ3) is 1.68. The standard InChI is InChI=1S/C20H28O4/c1-11-12-9-13(21)15-18(2)6-4-7-19(3,17(23)24)14(18)5-8-20(15,10-12)16(11)22/h12-15,21H,1,4-10H2,2-3H3,(H,23,24)/t12-,13+,14+,15+,18-,19-,20-/m1/s1. The molecule has 0 heterocycles. The molecule has 24 heavy (non-hydrogen) atoms. The van der Waals surface area contributed by atoms with Crippen molar-refractivity contribution in [1.29, 1.82) is 0 Å². The number of Topliss-reactive ketones (excluding diaryl/α,β-unsaturated/α-hetero) is 1. The van der Waals surface area contributed by atoms with Crippen molar-refractivity contribution in [3.8, 4) is 0 Å². The van der Waals surface area contributed by atoms with Crippen LogP contribution in [-0.4, -0.2) is 28.1 Å². The minimum absolute atomic E-state index is 0.0275. The van der Waals surface area contributed by atoms with Crippen molar-refractivity contribution in [1.82, 2.24) is 0 Å². The lowest BCUT2D eigenvalue weighted by Gasteiger charge is -2.63. The number of carboxylic acids is 1. The first-order valence-electron chi connectivity index (χ1n) is 9.32. The van der Waals surface area contributed by atoms with Crippen LogP contribution in [-0.2, 0) is 9.59 Å². The van der Waals surface area contributed by atoms with E-state index in [4.69, 9.17) is 0 Å². The summed E-state index contributed by atoms with van der Waals surface area (Å²) in [6.07, 6.45) is 4.86. The second-order valence-corrected chi connectivity index (χ2v) is 9.37. The van der Waals surface area contributed by atoms with Crippen molar-refractivity contribution in [2.45, 2.75) is 64.9 Å². The molecule has 4 saturated carbocycles. The van der Waals surface area contributed by atoms with E-state index in [1.165, 1.54) is 0 Å². The van der Waals surface area contributed by atoms with Gasteiger partial charge < -0.3 is 10.2 Å². The minimum Gasteiger partial charge on any atom is -0.481 e. The van der Waals surface area contributed by atoms with Crippen LogP contribution in [0.25, 0.3) is 0 Å². The number of aliphatic carboxylic acids is 1. The van der Waals surface area contributed by atoms with Gasteiger partial charge in [-0.1, -0.05) is 19.9 Å². The molecule has 0 aromatic rings. The molecule has 0 unspecified atom stereocenters. The number of aliphatic hydroxyl groups is 1. The average Bonchev–Trinajstić information content (AvgIpc) is 2.68. The zero-order chi connectivity index (χ0) is 17.5. The molecule has 0 aromatic heterocycles. The van der Waals surface area contributed by atoms with E-state index in [0.29, 0.717) is 24.8 Å². The van der Waals surface area contributed by atoms with Crippen molar-refractivity contribution >= 4 is 11.8 Å². The Morgan fingerprint density at radius 2 is 1.96 bits per heavy atom. The van der Waals surface area contributed by atoms with Gasteiger partial charge in [0, 0.05) is 11.3 Å². The van der Waals surface area contributed by atoms with Crippen LogP contribution in [0.15, 0.2) is 12.2 Å². The van der Waals surface area contributed by atoms with E-state index >= 15 is 0 Å². The summed E-state index contributed by atoms with van der Waals surface area (Å²) < 4.78 is 0. The van der Waals surface area contributed by atoms with Crippen molar-refractivity contribution in [2.24, 2.45) is 34.0 Å². The summed E-state index contributed by atoms with van der Waals surface area (Å²) in [6.45, 7) is 8.06. The molecule has 132 valence electrons. The van der Waals surface area contributed by atoms with Gasteiger partial charge in [-0.05, 0) is 68.3 Å². The van der Waals surface area contributed by atoms with Gasteiger partial charge in [0.1, 0.15) is 0 Å². The van der Waals surface area contributed by atoms with Crippen molar-refractivity contribution in [3.05, 3.63) is 12.2 Å². The fourth-order valence-electron chi connectivity index (χ4n) is 7.48. The lowest BCUT2D eigenvalue weighted by molar-refractivity contribution is -0.199. The van der Waals surface area contributed by atoms with Gasteiger partial charge in [0.05, 0.1) is 11.5 Å². The highest BCUT2D eigenvalue weighted by Gasteiger charge is 2.70. The number of carboxylic acid groups (broad SMARTS) is 1. The number of carbonyl (C=O) groups is 2. The molecule has 4 heteroatoms. The van der Waals surface area contributed by atoms with Gasteiger partial charge in [-0.3, -0.25) is 9.59 Å². The molecule has 0 radical (unpaired) electrons. The van der Waals surface area contributed by atoms with Gasteiger partial charge in [0.15, 0.2) is 5.78 Å². The molecular formula is C20H28O4. The van der Waals surface area contributed by atoms with Gasteiger partial charge in [-0.25, -0.2) is 0 Å². The summed E-state index contributed by atoms with van der Waals surface area (Å²) in [5.74, 6) is -0.528. The minimum atomic E-state index is -0.746. The van der Waals surface area contributed by atoms with E-state index < -0.39 is 22.9 Å². The van der Waals surface area contributed by atoms with Crippen LogP contribution in [0.3, 0.4) is 0 Å². The highest BCUT2D eigenvalue weighted by Crippen LogP contribution is 2.71. The quantitative estimate of drug-likeness (QED) is 0.723. The first-order valence-corrected chi connectivity index (χ1v) is 9.32. The molecule has 4 fully saturated rings. The molecule has 2 N–H and O–H groups in total. The van der Waals surface area contributed by atoms with Gasteiger partial charge >= 0.3 is 5.97 Å². The molecule has 4 nitrogen and oxygen atoms in total. The van der Waals surface area contributed by atoms with E-state index in [1.54, 1.807) is 0 Å². The third-order valence-corrected chi connectivity index (χ3v) is 8.41. The zero-order valence-corrected chi connectivity index (χ0v) is 14.7. The number of ketones is 1. The third-order valence-electron chi connectivity index (χ3n) is 8.41. The first kappa shape index (κ1) is 16.3. The second-order valence-electron chi connectivity index (χ2n) is 9.37. The summed E-state index contributed by atoms with van der Waals surface area (Å²) in [7, 11) is 0. The number of hydrogen-bond acceptors (Lipinski definition) is 3. The fourth-order valence-corrected chi connectivity index (χ4v) is 7.48. The summed E-state index contributed by atoms with van der Waals surface area (Å²) in [6, 6.07) is 0. The lowest BCUT2D eigenvalue weighted by atomic mass is 9.40. The van der Waals surface area contributed by atoms with Gasteiger partial charge in [-0.15, -0.1) is 0 Å². The average molecular weight is 332 g/mol. The molecule has 4 aliphatic rings. The highest BCUT2D eigenvalue weighted by atomic mass is 16.4. The summed E-state index contributed by atoms with van der Waals surface area (Å²) in [5, 5.41) is 20.9. The Hall–Kier alpha value is -1.16. The molecular weight excluding hydrogens is 304 g/mol. The maximum atomic E-state index is 13.1. The number of carbonyl (C=O) groups excluding carboxylic acids is 1. The Bertz CT molecular complexity index is 640. The normalized spacial score (nSPS) is 53.5. The van der Waals surface area contributed by atoms with E-state index in [9.17, 15) is 19.8 Å². The Morgan fingerprint density at radius 3 is 2.62 bits per heavy atom. The number of fused-ring (bicyclic) bond motifs is 3. The maximum absolute atomic E-state index is 13.1. The number of rotatable bonds is 1. The van der Waals surface area contributed by atoms with Gasteiger partial charge in [-0.2, -0.15) is 0 Å². The molecule has 7 atom stereocenters. The largest absolute Gasteiger partial charge is 0.481 e. The van der Waals surface area contributed by atoms with Crippen LogP contribution in [0.5, 0.6) is 0 Å². The number of hydrogen-bond donors (Lipinski definition) is 2. The van der Waals surface area contributed by atoms with Crippen LogP contribution in [0, 0.1) is 34.0 Å². The Balaban J connectivity index is 1.83. The van der Waals surface area contributed by atoms with E-state index in [2.05, 4.69) is 13.5 Å². The predicted molar refractivity (Wildman–Crippen MR) is 89.2 cm³/mol. The Kier molecular flexibility index (Phi) is 3.21. The highest BCUT2D eigenvalue weighted by molar-refractivity contribution is 6.03. The summed E-state index contributed by atoms with van der Waals surface area (Å²) in [5.41, 5.74) is -0.810. The van der Waals surface area contributed by atoms with Crippen LogP contribution in [0.2, 0.25) is 0 Å². The van der Waals surface area contributed by atoms with Crippen LogP contribution in [0.1, 0.15) is 58.8 Å².